The molecule has 3 aromatic heterocycles. The zero-order chi connectivity index (χ0) is 41.8. The lowest BCUT2D eigenvalue weighted by atomic mass is 9.99. The number of anilines is 2. The highest BCUT2D eigenvalue weighted by molar-refractivity contribution is 6.36. The van der Waals surface area contributed by atoms with E-state index in [0.29, 0.717) is 11.5 Å². The molecule has 0 aliphatic carbocycles. The Balaban J connectivity index is 1.44. The van der Waals surface area contributed by atoms with Crippen molar-refractivity contribution in [1.29, 1.82) is 0 Å². The lowest BCUT2D eigenvalue weighted by Gasteiger charge is -2.27. The van der Waals surface area contributed by atoms with Crippen LogP contribution >= 0.6 is 11.6 Å². The quantitative estimate of drug-likeness (QED) is 0.0724. The average molecular weight is 828 g/mol. The molecule has 6 rings (SSSR count). The number of methoxy groups -OCH3 is 2. The third-order valence-corrected chi connectivity index (χ3v) is 9.54. The van der Waals surface area contributed by atoms with Crippen molar-refractivity contribution in [3.63, 3.8) is 0 Å². The van der Waals surface area contributed by atoms with Gasteiger partial charge in [-0.15, -0.1) is 0 Å². The first kappa shape index (κ1) is 41.6. The fourth-order valence-electron chi connectivity index (χ4n) is 6.41. The molecule has 3 heterocycles. The van der Waals surface area contributed by atoms with Gasteiger partial charge < -0.3 is 29.8 Å². The lowest BCUT2D eigenvalue weighted by Crippen LogP contribution is -2.37. The van der Waals surface area contributed by atoms with Gasteiger partial charge in [0.1, 0.15) is 41.2 Å². The Labute approximate surface area is 332 Å². The number of nitrogens with zero attached hydrogens (tertiary/aromatic N) is 4. The first-order valence-electron chi connectivity index (χ1n) is 17.5. The Morgan fingerprint density at radius 1 is 0.914 bits per heavy atom. The van der Waals surface area contributed by atoms with E-state index in [2.05, 4.69) is 25.3 Å². The number of ether oxygens (including phenoxy) is 3. The maximum Gasteiger partial charge on any atom is 0.418 e. The molecule has 6 aromatic rings. The summed E-state index contributed by atoms with van der Waals surface area (Å²) < 4.78 is 104. The number of rotatable bonds is 14. The summed E-state index contributed by atoms with van der Waals surface area (Å²) in [5.74, 6) is 0.640. The Morgan fingerprint density at radius 2 is 1.53 bits per heavy atom. The van der Waals surface area contributed by atoms with Crippen LogP contribution in [0, 0.1) is 6.92 Å². The normalized spacial score (nSPS) is 12.4. The molecule has 0 saturated heterocycles. The van der Waals surface area contributed by atoms with Crippen molar-refractivity contribution in [2.45, 2.75) is 38.4 Å². The fourth-order valence-corrected chi connectivity index (χ4v) is 6.70. The van der Waals surface area contributed by atoms with E-state index in [4.69, 9.17) is 31.5 Å². The minimum Gasteiger partial charge on any atom is -0.497 e. The molecule has 0 saturated carbocycles. The summed E-state index contributed by atoms with van der Waals surface area (Å²) >= 11 is 6.87. The number of hydrogen-bond donors (Lipinski definition) is 3. The Hall–Kier alpha value is -6.07. The van der Waals surface area contributed by atoms with Crippen LogP contribution in [0.25, 0.3) is 22.2 Å². The third-order valence-electron chi connectivity index (χ3n) is 9.16. The van der Waals surface area contributed by atoms with Gasteiger partial charge in [0.25, 0.3) is 5.56 Å². The number of hydrogen-bond acceptors (Lipinski definition) is 10. The van der Waals surface area contributed by atoms with Crippen LogP contribution in [0.15, 0.2) is 90.1 Å². The molecule has 1 atom stereocenters. The molecule has 18 heteroatoms. The van der Waals surface area contributed by atoms with Gasteiger partial charge in [0.2, 0.25) is 0 Å². The van der Waals surface area contributed by atoms with Crippen molar-refractivity contribution in [2.75, 3.05) is 38.0 Å². The molecule has 0 aliphatic rings. The minimum absolute atomic E-state index is 0.103. The van der Waals surface area contributed by atoms with Crippen LogP contribution in [0.4, 0.5) is 38.0 Å². The zero-order valence-corrected chi connectivity index (χ0v) is 31.9. The predicted molar refractivity (Wildman–Crippen MR) is 207 cm³/mol. The topological polar surface area (TPSA) is 141 Å². The summed E-state index contributed by atoms with van der Waals surface area (Å²) in [7, 11) is 3.06. The summed E-state index contributed by atoms with van der Waals surface area (Å²) in [6.45, 7) is 0.727. The largest absolute Gasteiger partial charge is 0.497 e. The van der Waals surface area contributed by atoms with E-state index in [1.165, 1.54) is 51.6 Å². The van der Waals surface area contributed by atoms with Crippen LogP contribution in [-0.2, 0) is 19.3 Å². The van der Waals surface area contributed by atoms with E-state index in [9.17, 15) is 18.0 Å². The average Bonchev–Trinajstić information content (AvgIpc) is 3.18. The van der Waals surface area contributed by atoms with Crippen LogP contribution in [0.2, 0.25) is 5.02 Å². The molecule has 0 radical (unpaired) electrons. The molecule has 0 fully saturated rings. The number of benzene rings is 3. The number of fused-ring (bicyclic) bond motifs is 1. The Kier molecular flexibility index (Phi) is 12.3. The summed E-state index contributed by atoms with van der Waals surface area (Å²) in [6.07, 6.45) is -7.44. The molecule has 3 aromatic carbocycles. The van der Waals surface area contributed by atoms with E-state index in [1.807, 2.05) is 24.3 Å². The van der Waals surface area contributed by atoms with Gasteiger partial charge in [-0.25, -0.2) is 15.0 Å². The molecule has 0 amide bonds. The van der Waals surface area contributed by atoms with Gasteiger partial charge in [0.15, 0.2) is 5.75 Å². The smallest absolute Gasteiger partial charge is 0.418 e. The summed E-state index contributed by atoms with van der Waals surface area (Å²) in [6, 6.07) is 17.1. The van der Waals surface area contributed by atoms with Gasteiger partial charge in [-0.3, -0.25) is 10.1 Å². The standard InChI is InChI=1S/C40H36ClF6N7O4/c1-22-17-30(54(19-23-6-10-25(56-2)11-7-23)20-24-8-12-26(57-3)13-9-24)53-34(32(22)39(42,43)44)28-18-29-31(38(55)52-21-51-29)35(33(28)41)58-16-15-49-36(40(45,46)47)27-5-4-14-50-37(27)48/h4-14,17-18,21,36,49H,15-16,19-20H2,1-3H3,(H2,48,50)(H,51,52,55). The minimum atomic E-state index is -4.94. The number of nitrogens with one attached hydrogen (secondary N) is 2. The SMILES string of the molecule is COc1ccc(CN(Cc2ccc(OC)cc2)c2cc(C)c(C(F)(F)F)c(-c3cc4nc[nH]c(=O)c4c(OCCNC(c4cccnc4N)C(F)(F)F)c3Cl)n2)cc1. The van der Waals surface area contributed by atoms with Gasteiger partial charge in [-0.1, -0.05) is 41.9 Å². The summed E-state index contributed by atoms with van der Waals surface area (Å²) in [5.41, 5.74) is 3.98. The second-order valence-corrected chi connectivity index (χ2v) is 13.4. The molecule has 0 spiro atoms. The predicted octanol–water partition coefficient (Wildman–Crippen LogP) is 8.44. The molecule has 0 aliphatic heterocycles. The second kappa shape index (κ2) is 17.2. The van der Waals surface area contributed by atoms with Gasteiger partial charge in [0, 0.05) is 37.0 Å². The number of halogens is 7. The molecule has 0 bridgehead atoms. The van der Waals surface area contributed by atoms with Crippen LogP contribution in [-0.4, -0.2) is 53.5 Å². The van der Waals surface area contributed by atoms with E-state index in [0.717, 1.165) is 17.5 Å². The van der Waals surface area contributed by atoms with Crippen LogP contribution in [0.1, 0.15) is 33.9 Å². The van der Waals surface area contributed by atoms with Gasteiger partial charge in [-0.05, 0) is 66.1 Å². The first-order chi connectivity index (χ1) is 27.6. The number of aromatic amines is 1. The van der Waals surface area contributed by atoms with Crippen LogP contribution in [0.3, 0.4) is 0 Å². The first-order valence-corrected chi connectivity index (χ1v) is 17.9. The molecule has 58 heavy (non-hydrogen) atoms. The Bertz CT molecular complexity index is 2400. The molecule has 4 N–H and O–H groups in total. The molecular weight excluding hydrogens is 792 g/mol. The summed E-state index contributed by atoms with van der Waals surface area (Å²) in [5, 5.41) is 1.65. The van der Waals surface area contributed by atoms with E-state index >= 15 is 13.2 Å². The third kappa shape index (κ3) is 9.21. The van der Waals surface area contributed by atoms with Gasteiger partial charge in [0.05, 0.1) is 42.3 Å². The van der Waals surface area contributed by atoms with Crippen molar-refractivity contribution in [2.24, 2.45) is 0 Å². The maximum atomic E-state index is 15.0. The fraction of sp³-hybridized carbons (Fsp3) is 0.250. The van der Waals surface area contributed by atoms with Crippen LogP contribution < -0.4 is 35.7 Å². The Morgan fingerprint density at radius 3 is 2.09 bits per heavy atom. The molecular formula is C40H36ClF6N7O4. The van der Waals surface area contributed by atoms with Gasteiger partial charge in [-0.2, -0.15) is 26.3 Å². The number of pyridine rings is 2. The van der Waals surface area contributed by atoms with Crippen molar-refractivity contribution in [1.82, 2.24) is 25.3 Å². The van der Waals surface area contributed by atoms with Crippen LogP contribution in [0.5, 0.6) is 17.2 Å². The van der Waals surface area contributed by atoms with E-state index < -0.39 is 59.1 Å². The number of nitrogen functional groups attached to an aromatic ring is 1. The second-order valence-electron chi connectivity index (χ2n) is 13.0. The highest BCUT2D eigenvalue weighted by Crippen LogP contribution is 2.46. The number of aryl methyl sites for hydroxylation is 1. The zero-order valence-electron chi connectivity index (χ0n) is 31.1. The summed E-state index contributed by atoms with van der Waals surface area (Å²) in [4.78, 5) is 29.8. The van der Waals surface area contributed by atoms with Crippen molar-refractivity contribution in [3.8, 4) is 28.5 Å². The molecule has 11 nitrogen and oxygen atoms in total. The number of H-pyrrole nitrogens is 1. The monoisotopic (exact) mass is 827 g/mol. The highest BCUT2D eigenvalue weighted by atomic mass is 35.5. The van der Waals surface area contributed by atoms with E-state index in [1.54, 1.807) is 29.2 Å². The van der Waals surface area contributed by atoms with Crippen molar-refractivity contribution < 1.29 is 40.6 Å². The number of nitrogens with two attached hydrogens (primary N) is 1. The molecule has 1 unspecified atom stereocenters. The lowest BCUT2D eigenvalue weighted by molar-refractivity contribution is -0.157. The number of aromatic nitrogens is 4. The van der Waals surface area contributed by atoms with Gasteiger partial charge >= 0.3 is 12.4 Å². The van der Waals surface area contributed by atoms with Crippen molar-refractivity contribution in [3.05, 3.63) is 129 Å². The maximum absolute atomic E-state index is 15.0. The van der Waals surface area contributed by atoms with Crippen molar-refractivity contribution >= 4 is 34.1 Å². The highest BCUT2D eigenvalue weighted by Gasteiger charge is 2.42. The van der Waals surface area contributed by atoms with E-state index in [-0.39, 0.29) is 52.3 Å². The molecule has 304 valence electrons. The number of alkyl halides is 6.